The van der Waals surface area contributed by atoms with Gasteiger partial charge in [0.1, 0.15) is 5.82 Å². The lowest BCUT2D eigenvalue weighted by Crippen LogP contribution is -1.96. The second-order valence-corrected chi connectivity index (χ2v) is 3.66. The molecule has 2 heterocycles. The van der Waals surface area contributed by atoms with E-state index >= 15 is 0 Å². The molecule has 0 aromatic carbocycles. The van der Waals surface area contributed by atoms with Crippen molar-refractivity contribution >= 4 is 21.7 Å². The summed E-state index contributed by atoms with van der Waals surface area (Å²) in [5.41, 5.74) is 8.77. The first kappa shape index (κ1) is 10.1. The number of rotatable bonds is 2. The highest BCUT2D eigenvalue weighted by Gasteiger charge is 2.05. The second kappa shape index (κ2) is 4.40. The van der Waals surface area contributed by atoms with Crippen molar-refractivity contribution in [1.29, 1.82) is 0 Å². The Kier molecular flexibility index (Phi) is 2.97. The topological polar surface area (TPSA) is 51.8 Å². The number of pyridine rings is 2. The molecule has 0 unspecified atom stereocenters. The molecule has 3 nitrogen and oxygen atoms in total. The van der Waals surface area contributed by atoms with Crippen molar-refractivity contribution in [2.75, 3.05) is 5.73 Å². The van der Waals surface area contributed by atoms with Crippen LogP contribution in [0.25, 0.3) is 11.1 Å². The third-order valence-electron chi connectivity index (χ3n) is 2.11. The fraction of sp³-hybridized carbons (Fsp3) is 0.0909. The number of aromatic nitrogens is 2. The lowest BCUT2D eigenvalue weighted by atomic mass is 10.1. The first-order chi connectivity index (χ1) is 7.31. The number of nitrogens with zero attached hydrogens (tertiary/aromatic N) is 2. The summed E-state index contributed by atoms with van der Waals surface area (Å²) in [7, 11) is 0. The van der Waals surface area contributed by atoms with E-state index in [1.54, 1.807) is 12.4 Å². The van der Waals surface area contributed by atoms with Crippen LogP contribution in [0.4, 0.5) is 5.82 Å². The zero-order valence-corrected chi connectivity index (χ0v) is 9.61. The summed E-state index contributed by atoms with van der Waals surface area (Å²) in [5, 5.41) is 0.690. The Morgan fingerprint density at radius 2 is 1.87 bits per heavy atom. The quantitative estimate of drug-likeness (QED) is 0.848. The first-order valence-electron chi connectivity index (χ1n) is 4.53. The van der Waals surface area contributed by atoms with Crippen LogP contribution in [0.2, 0.25) is 0 Å². The summed E-state index contributed by atoms with van der Waals surface area (Å²) in [6.45, 7) is 0. The van der Waals surface area contributed by atoms with Crippen LogP contribution in [0.5, 0.6) is 0 Å². The van der Waals surface area contributed by atoms with E-state index in [4.69, 9.17) is 5.73 Å². The molecule has 0 saturated heterocycles. The Labute approximate surface area is 96.5 Å². The summed E-state index contributed by atoms with van der Waals surface area (Å²) >= 11 is 3.41. The van der Waals surface area contributed by atoms with Crippen LogP contribution in [0.1, 0.15) is 5.69 Å². The predicted octanol–water partition coefficient (Wildman–Crippen LogP) is 2.62. The monoisotopic (exact) mass is 263 g/mol. The highest BCUT2D eigenvalue weighted by molar-refractivity contribution is 9.08. The molecule has 4 heteroatoms. The maximum atomic E-state index is 5.64. The Hall–Kier alpha value is -1.42. The normalized spacial score (nSPS) is 10.2. The van der Waals surface area contributed by atoms with Crippen molar-refractivity contribution < 1.29 is 0 Å². The third kappa shape index (κ3) is 2.15. The van der Waals surface area contributed by atoms with Crippen molar-refractivity contribution in [3.63, 3.8) is 0 Å². The molecule has 0 fully saturated rings. The summed E-state index contributed by atoms with van der Waals surface area (Å²) < 4.78 is 0. The summed E-state index contributed by atoms with van der Waals surface area (Å²) in [4.78, 5) is 8.27. The number of nitrogen functional groups attached to an aromatic ring is 1. The molecule has 0 bridgehead atoms. The Morgan fingerprint density at radius 1 is 1.13 bits per heavy atom. The standard InChI is InChI=1S/C11H10BrN3/c12-7-10-9(1-2-11(13)15-10)8-3-5-14-6-4-8/h1-6H,7H2,(H2,13,15). The van der Waals surface area contributed by atoms with E-state index in [1.165, 1.54) is 0 Å². The Morgan fingerprint density at radius 3 is 2.53 bits per heavy atom. The van der Waals surface area contributed by atoms with E-state index in [2.05, 4.69) is 25.9 Å². The van der Waals surface area contributed by atoms with Crippen LogP contribution >= 0.6 is 15.9 Å². The van der Waals surface area contributed by atoms with Gasteiger partial charge in [0.15, 0.2) is 0 Å². The van der Waals surface area contributed by atoms with Gasteiger partial charge in [-0.25, -0.2) is 4.98 Å². The van der Waals surface area contributed by atoms with Crippen molar-refractivity contribution in [1.82, 2.24) is 9.97 Å². The molecule has 0 saturated carbocycles. The minimum absolute atomic E-state index is 0.544. The van der Waals surface area contributed by atoms with Crippen molar-refractivity contribution in [2.45, 2.75) is 5.33 Å². The van der Waals surface area contributed by atoms with Gasteiger partial charge in [-0.05, 0) is 29.8 Å². The number of anilines is 1. The number of hydrogen-bond donors (Lipinski definition) is 1. The average Bonchev–Trinajstić information content (AvgIpc) is 2.30. The molecule has 2 rings (SSSR count). The van der Waals surface area contributed by atoms with Crippen molar-refractivity contribution in [3.05, 3.63) is 42.4 Å². The van der Waals surface area contributed by atoms with E-state index in [9.17, 15) is 0 Å². The molecule has 2 aromatic heterocycles. The SMILES string of the molecule is Nc1ccc(-c2ccncc2)c(CBr)n1. The lowest BCUT2D eigenvalue weighted by Gasteiger charge is -2.06. The number of halogens is 1. The van der Waals surface area contributed by atoms with Gasteiger partial charge in [0.05, 0.1) is 5.69 Å². The molecule has 0 aliphatic carbocycles. The van der Waals surface area contributed by atoms with Crippen molar-refractivity contribution in [3.8, 4) is 11.1 Å². The molecule has 0 amide bonds. The maximum absolute atomic E-state index is 5.64. The lowest BCUT2D eigenvalue weighted by molar-refractivity contribution is 1.19. The largest absolute Gasteiger partial charge is 0.384 e. The third-order valence-corrected chi connectivity index (χ3v) is 2.64. The summed E-state index contributed by atoms with van der Waals surface area (Å²) in [6.07, 6.45) is 3.54. The molecular weight excluding hydrogens is 254 g/mol. The molecule has 0 aliphatic rings. The molecule has 0 spiro atoms. The Bertz CT molecular complexity index is 457. The van der Waals surface area contributed by atoms with E-state index < -0.39 is 0 Å². The van der Waals surface area contributed by atoms with Gasteiger partial charge in [-0.3, -0.25) is 4.98 Å². The number of nitrogens with two attached hydrogens (primary N) is 1. The van der Waals surface area contributed by atoms with Crippen molar-refractivity contribution in [2.24, 2.45) is 0 Å². The van der Waals surface area contributed by atoms with Gasteiger partial charge >= 0.3 is 0 Å². The van der Waals surface area contributed by atoms with Crippen LogP contribution in [0, 0.1) is 0 Å². The van der Waals surface area contributed by atoms with Crippen LogP contribution in [0.15, 0.2) is 36.7 Å². The zero-order chi connectivity index (χ0) is 10.7. The minimum Gasteiger partial charge on any atom is -0.384 e. The van der Waals surface area contributed by atoms with Crippen LogP contribution in [-0.2, 0) is 5.33 Å². The smallest absolute Gasteiger partial charge is 0.123 e. The van der Waals surface area contributed by atoms with E-state index in [1.807, 2.05) is 24.3 Å². The molecule has 2 aromatic rings. The maximum Gasteiger partial charge on any atom is 0.123 e. The summed E-state index contributed by atoms with van der Waals surface area (Å²) in [5.74, 6) is 0.544. The predicted molar refractivity (Wildman–Crippen MR) is 64.5 cm³/mol. The Balaban J connectivity index is 2.53. The minimum atomic E-state index is 0.544. The van der Waals surface area contributed by atoms with Gasteiger partial charge < -0.3 is 5.73 Å². The molecule has 0 atom stereocenters. The van der Waals surface area contributed by atoms with Crippen LogP contribution in [-0.4, -0.2) is 9.97 Å². The second-order valence-electron chi connectivity index (χ2n) is 3.10. The summed E-state index contributed by atoms with van der Waals surface area (Å²) in [6, 6.07) is 7.70. The van der Waals surface area contributed by atoms with Crippen LogP contribution in [0.3, 0.4) is 0 Å². The fourth-order valence-corrected chi connectivity index (χ4v) is 1.84. The molecular formula is C11H10BrN3. The van der Waals surface area contributed by atoms with Gasteiger partial charge in [-0.2, -0.15) is 0 Å². The van der Waals surface area contributed by atoms with E-state index in [-0.39, 0.29) is 0 Å². The molecule has 0 radical (unpaired) electrons. The molecule has 2 N–H and O–H groups in total. The van der Waals surface area contributed by atoms with Gasteiger partial charge in [0.2, 0.25) is 0 Å². The number of alkyl halides is 1. The van der Waals surface area contributed by atoms with Gasteiger partial charge in [0.25, 0.3) is 0 Å². The van der Waals surface area contributed by atoms with Gasteiger partial charge in [0, 0.05) is 23.3 Å². The molecule has 0 aliphatic heterocycles. The van der Waals surface area contributed by atoms with Gasteiger partial charge in [-0.1, -0.05) is 15.9 Å². The highest BCUT2D eigenvalue weighted by atomic mass is 79.9. The van der Waals surface area contributed by atoms with E-state index in [0.717, 1.165) is 16.8 Å². The van der Waals surface area contributed by atoms with Crippen LogP contribution < -0.4 is 5.73 Å². The van der Waals surface area contributed by atoms with E-state index in [0.29, 0.717) is 11.1 Å². The highest BCUT2D eigenvalue weighted by Crippen LogP contribution is 2.24. The average molecular weight is 264 g/mol. The first-order valence-corrected chi connectivity index (χ1v) is 5.65. The fourth-order valence-electron chi connectivity index (χ4n) is 1.41. The zero-order valence-electron chi connectivity index (χ0n) is 8.02. The molecule has 15 heavy (non-hydrogen) atoms. The van der Waals surface area contributed by atoms with Gasteiger partial charge in [-0.15, -0.1) is 0 Å². The molecule has 76 valence electrons. The number of hydrogen-bond acceptors (Lipinski definition) is 3.